The summed E-state index contributed by atoms with van der Waals surface area (Å²) in [5.41, 5.74) is 1.28. The average molecular weight is 260 g/mol. The van der Waals surface area contributed by atoms with E-state index >= 15 is 0 Å². The lowest BCUT2D eigenvalue weighted by Gasteiger charge is -2.22. The molecule has 3 nitrogen and oxygen atoms in total. The molecule has 0 aliphatic carbocycles. The van der Waals surface area contributed by atoms with Gasteiger partial charge < -0.3 is 10.1 Å². The van der Waals surface area contributed by atoms with Crippen LogP contribution in [0, 0.1) is 0 Å². The van der Waals surface area contributed by atoms with E-state index in [2.05, 4.69) is 28.4 Å². The summed E-state index contributed by atoms with van der Waals surface area (Å²) in [5, 5.41) is 3.75. The van der Waals surface area contributed by atoms with Crippen LogP contribution in [-0.2, 0) is 6.54 Å². The summed E-state index contributed by atoms with van der Waals surface area (Å²) in [6.07, 6.45) is 4.03. The van der Waals surface area contributed by atoms with Gasteiger partial charge in [0.25, 0.3) is 0 Å². The number of benzene rings is 1. The largest absolute Gasteiger partial charge is 0.494 e. The summed E-state index contributed by atoms with van der Waals surface area (Å²) in [7, 11) is 0. The number of nitrogens with zero attached hydrogens (tertiary/aromatic N) is 1. The van der Waals surface area contributed by atoms with Crippen molar-refractivity contribution in [3.05, 3.63) is 29.8 Å². The molecule has 2 fully saturated rings. The van der Waals surface area contributed by atoms with E-state index in [1.54, 1.807) is 0 Å². The maximum absolute atomic E-state index is 5.69. The maximum atomic E-state index is 5.69. The molecule has 1 N–H and O–H groups in total. The second-order valence-corrected chi connectivity index (χ2v) is 5.56. The highest BCUT2D eigenvalue weighted by atomic mass is 16.5. The predicted octanol–water partition coefficient (Wildman–Crippen LogP) is 2.41. The van der Waals surface area contributed by atoms with Crippen molar-refractivity contribution in [2.24, 2.45) is 0 Å². The molecule has 2 saturated heterocycles. The van der Waals surface area contributed by atoms with E-state index in [1.165, 1.54) is 37.9 Å². The summed E-state index contributed by atoms with van der Waals surface area (Å²) < 4.78 is 5.69. The summed E-state index contributed by atoms with van der Waals surface area (Å²) in [6, 6.07) is 9.81. The molecular weight excluding hydrogens is 236 g/mol. The van der Waals surface area contributed by atoms with Gasteiger partial charge in [-0.05, 0) is 38.8 Å². The Labute approximate surface area is 115 Å². The Balaban J connectivity index is 1.60. The van der Waals surface area contributed by atoms with Crippen molar-refractivity contribution in [2.45, 2.75) is 44.8 Å². The molecule has 0 radical (unpaired) electrons. The lowest BCUT2D eigenvalue weighted by molar-refractivity contribution is 0.296. The molecule has 2 heterocycles. The highest BCUT2D eigenvalue weighted by Gasteiger charge is 2.36. The van der Waals surface area contributed by atoms with Gasteiger partial charge >= 0.3 is 0 Å². The molecule has 2 atom stereocenters. The molecule has 0 amide bonds. The predicted molar refractivity (Wildman–Crippen MR) is 77.5 cm³/mol. The van der Waals surface area contributed by atoms with Crippen LogP contribution in [0.2, 0.25) is 0 Å². The Morgan fingerprint density at radius 3 is 3.05 bits per heavy atom. The molecule has 0 spiro atoms. The molecular formula is C16H24N2O. The first-order chi connectivity index (χ1) is 9.38. The van der Waals surface area contributed by atoms with Crippen LogP contribution in [0.4, 0.5) is 0 Å². The van der Waals surface area contributed by atoms with Crippen molar-refractivity contribution in [3.8, 4) is 5.75 Å². The molecule has 104 valence electrons. The van der Waals surface area contributed by atoms with E-state index in [9.17, 15) is 0 Å². The van der Waals surface area contributed by atoms with Gasteiger partial charge in [0.05, 0.1) is 6.61 Å². The molecule has 19 heavy (non-hydrogen) atoms. The fraction of sp³-hybridized carbons (Fsp3) is 0.625. The van der Waals surface area contributed by atoms with E-state index in [1.807, 2.05) is 13.0 Å². The summed E-state index contributed by atoms with van der Waals surface area (Å²) in [4.78, 5) is 2.64. The molecule has 3 rings (SSSR count). The van der Waals surface area contributed by atoms with Crippen molar-refractivity contribution in [2.75, 3.05) is 19.7 Å². The van der Waals surface area contributed by atoms with Crippen LogP contribution in [0.15, 0.2) is 24.3 Å². The minimum absolute atomic E-state index is 0.664. The maximum Gasteiger partial charge on any atom is 0.123 e. The quantitative estimate of drug-likeness (QED) is 0.880. The summed E-state index contributed by atoms with van der Waals surface area (Å²) >= 11 is 0. The van der Waals surface area contributed by atoms with E-state index in [0.717, 1.165) is 24.9 Å². The van der Waals surface area contributed by atoms with Gasteiger partial charge in [-0.1, -0.05) is 18.2 Å². The van der Waals surface area contributed by atoms with Crippen LogP contribution in [0.1, 0.15) is 31.7 Å². The van der Waals surface area contributed by atoms with Crippen LogP contribution in [0.3, 0.4) is 0 Å². The summed E-state index contributed by atoms with van der Waals surface area (Å²) in [6.45, 7) is 6.27. The first-order valence-electron chi connectivity index (χ1n) is 7.56. The molecule has 1 aromatic rings. The lowest BCUT2D eigenvalue weighted by atomic mass is 10.1. The zero-order chi connectivity index (χ0) is 13.1. The standard InChI is InChI=1S/C16H24N2O/c1-2-19-16-8-4-3-6-13(16)12-17-14-9-11-18-10-5-7-15(14)18/h3-4,6,8,14-15,17H,2,5,7,9-12H2,1H3. The SMILES string of the molecule is CCOc1ccccc1CNC1CCN2CCCC12. The number of fused-ring (bicyclic) bond motifs is 1. The first kappa shape index (κ1) is 12.9. The van der Waals surface area contributed by atoms with Crippen LogP contribution in [0.5, 0.6) is 5.75 Å². The Kier molecular flexibility index (Phi) is 4.04. The van der Waals surface area contributed by atoms with Gasteiger partial charge in [-0.2, -0.15) is 0 Å². The lowest BCUT2D eigenvalue weighted by Crippen LogP contribution is -2.38. The van der Waals surface area contributed by atoms with E-state index < -0.39 is 0 Å². The van der Waals surface area contributed by atoms with Crippen molar-refractivity contribution in [3.63, 3.8) is 0 Å². The topological polar surface area (TPSA) is 24.5 Å². The highest BCUT2D eigenvalue weighted by molar-refractivity contribution is 5.33. The second kappa shape index (κ2) is 5.93. The average Bonchev–Trinajstić information content (AvgIpc) is 3.02. The summed E-state index contributed by atoms with van der Waals surface area (Å²) in [5.74, 6) is 1.03. The van der Waals surface area contributed by atoms with Gasteiger partial charge in [-0.25, -0.2) is 0 Å². The Bertz CT molecular complexity index is 421. The van der Waals surface area contributed by atoms with Gasteiger partial charge in [-0.15, -0.1) is 0 Å². The third kappa shape index (κ3) is 2.77. The van der Waals surface area contributed by atoms with E-state index in [0.29, 0.717) is 6.04 Å². The highest BCUT2D eigenvalue weighted by Crippen LogP contribution is 2.28. The van der Waals surface area contributed by atoms with Gasteiger partial charge in [0.1, 0.15) is 5.75 Å². The number of para-hydroxylation sites is 1. The van der Waals surface area contributed by atoms with E-state index in [4.69, 9.17) is 4.74 Å². The third-order valence-electron chi connectivity index (χ3n) is 4.43. The van der Waals surface area contributed by atoms with Crippen molar-refractivity contribution < 1.29 is 4.74 Å². The minimum Gasteiger partial charge on any atom is -0.494 e. The van der Waals surface area contributed by atoms with E-state index in [-0.39, 0.29) is 0 Å². The Morgan fingerprint density at radius 2 is 2.16 bits per heavy atom. The van der Waals surface area contributed by atoms with Crippen LogP contribution in [-0.4, -0.2) is 36.7 Å². The van der Waals surface area contributed by atoms with Crippen LogP contribution < -0.4 is 10.1 Å². The van der Waals surface area contributed by atoms with Crippen molar-refractivity contribution in [1.82, 2.24) is 10.2 Å². The molecule has 0 aromatic heterocycles. The number of ether oxygens (including phenoxy) is 1. The van der Waals surface area contributed by atoms with Crippen LogP contribution in [0.25, 0.3) is 0 Å². The van der Waals surface area contributed by atoms with Crippen LogP contribution >= 0.6 is 0 Å². The zero-order valence-electron chi connectivity index (χ0n) is 11.8. The molecule has 2 aliphatic heterocycles. The molecule has 3 heteroatoms. The third-order valence-corrected chi connectivity index (χ3v) is 4.43. The molecule has 0 bridgehead atoms. The zero-order valence-corrected chi connectivity index (χ0v) is 11.8. The number of rotatable bonds is 5. The second-order valence-electron chi connectivity index (χ2n) is 5.56. The Hall–Kier alpha value is -1.06. The molecule has 0 saturated carbocycles. The Morgan fingerprint density at radius 1 is 1.26 bits per heavy atom. The van der Waals surface area contributed by atoms with Gasteiger partial charge in [-0.3, -0.25) is 4.90 Å². The fourth-order valence-corrected chi connectivity index (χ4v) is 3.51. The van der Waals surface area contributed by atoms with Gasteiger partial charge in [0.2, 0.25) is 0 Å². The number of hydrogen-bond acceptors (Lipinski definition) is 3. The first-order valence-corrected chi connectivity index (χ1v) is 7.56. The van der Waals surface area contributed by atoms with Gasteiger partial charge in [0, 0.05) is 30.7 Å². The van der Waals surface area contributed by atoms with Crippen molar-refractivity contribution in [1.29, 1.82) is 0 Å². The minimum atomic E-state index is 0.664. The van der Waals surface area contributed by atoms with Gasteiger partial charge in [0.15, 0.2) is 0 Å². The number of nitrogens with one attached hydrogen (secondary N) is 1. The molecule has 1 aromatic carbocycles. The number of hydrogen-bond donors (Lipinski definition) is 1. The smallest absolute Gasteiger partial charge is 0.123 e. The molecule has 2 unspecified atom stereocenters. The van der Waals surface area contributed by atoms with Crippen molar-refractivity contribution >= 4 is 0 Å². The molecule has 2 aliphatic rings. The normalized spacial score (nSPS) is 26.6. The monoisotopic (exact) mass is 260 g/mol. The fourth-order valence-electron chi connectivity index (χ4n) is 3.51.